The molecule has 0 fully saturated rings. The fourth-order valence-electron chi connectivity index (χ4n) is 3.69. The molecule has 0 saturated heterocycles. The van der Waals surface area contributed by atoms with Gasteiger partial charge >= 0.3 is 5.97 Å². The lowest BCUT2D eigenvalue weighted by atomic mass is 10.1. The molecule has 11 heteroatoms. The monoisotopic (exact) mass is 634 g/mol. The van der Waals surface area contributed by atoms with Gasteiger partial charge in [-0.25, -0.2) is 10.2 Å². The largest absolute Gasteiger partial charge is 0.423 e. The van der Waals surface area contributed by atoms with Crippen molar-refractivity contribution in [2.45, 2.75) is 0 Å². The number of rotatable bonds is 9. The molecule has 0 aliphatic heterocycles. The van der Waals surface area contributed by atoms with Crippen molar-refractivity contribution in [3.63, 3.8) is 0 Å². The van der Waals surface area contributed by atoms with Crippen LogP contribution in [-0.2, 0) is 4.79 Å². The summed E-state index contributed by atoms with van der Waals surface area (Å²) < 4.78 is 5.37. The summed E-state index contributed by atoms with van der Waals surface area (Å²) in [5, 5.41) is 7.47. The van der Waals surface area contributed by atoms with Crippen LogP contribution < -0.4 is 20.4 Å². The van der Waals surface area contributed by atoms with Crippen molar-refractivity contribution >= 4 is 70.6 Å². The molecule has 8 nitrogen and oxygen atoms in total. The molecule has 0 unspecified atom stereocenters. The average Bonchev–Trinajstić information content (AvgIpc) is 2.98. The summed E-state index contributed by atoms with van der Waals surface area (Å²) in [6, 6.07) is 24.8. The molecule has 4 aromatic carbocycles. The summed E-state index contributed by atoms with van der Waals surface area (Å²) in [6.45, 7) is 0. The highest BCUT2D eigenvalue weighted by Gasteiger charge is 2.17. The third-order valence-electron chi connectivity index (χ3n) is 5.95. The smallest absolute Gasteiger partial charge is 0.345 e. The van der Waals surface area contributed by atoms with Crippen LogP contribution in [0, 0.1) is 0 Å². The molecule has 4 rings (SSSR count). The zero-order chi connectivity index (χ0) is 30.9. The number of halogens is 3. The SMILES string of the molecule is CN(C)c1ccc(/C=C(/NC(=O)c2ccccc2Cl)C(=O)N/N=C/c2ccc(OC(=O)c3ccc(Cl)cc3Cl)cc2)cc1. The zero-order valence-electron chi connectivity index (χ0n) is 23.0. The number of hydrogen-bond donors (Lipinski definition) is 2. The second kappa shape index (κ2) is 14.5. The molecule has 0 spiro atoms. The van der Waals surface area contributed by atoms with Crippen molar-refractivity contribution < 1.29 is 19.1 Å². The predicted octanol–water partition coefficient (Wildman–Crippen LogP) is 6.85. The van der Waals surface area contributed by atoms with E-state index < -0.39 is 17.8 Å². The molecule has 0 radical (unpaired) electrons. The second-order valence-electron chi connectivity index (χ2n) is 9.26. The fourth-order valence-corrected chi connectivity index (χ4v) is 4.40. The molecule has 4 aromatic rings. The Kier molecular flexibility index (Phi) is 10.6. The van der Waals surface area contributed by atoms with Gasteiger partial charge in [0.1, 0.15) is 11.4 Å². The molecule has 0 aliphatic carbocycles. The standard InChI is InChI=1S/C32H25Cl3N4O4/c1-39(2)23-12-7-20(8-13-23)17-29(37-30(40)25-5-3-4-6-27(25)34)31(41)38-36-19-21-9-14-24(15-10-21)43-32(42)26-16-11-22(33)18-28(26)35/h3-19H,1-2H3,(H,37,40)(H,38,41)/b29-17+,36-19+. The quantitative estimate of drug-likeness (QED) is 0.0689. The van der Waals surface area contributed by atoms with Crippen LogP contribution in [0.1, 0.15) is 31.8 Å². The normalized spacial score (nSPS) is 11.2. The highest BCUT2D eigenvalue weighted by Crippen LogP contribution is 2.23. The van der Waals surface area contributed by atoms with Crippen LogP contribution in [0.25, 0.3) is 6.08 Å². The molecule has 2 N–H and O–H groups in total. The minimum atomic E-state index is -0.654. The van der Waals surface area contributed by atoms with Crippen molar-refractivity contribution in [3.8, 4) is 5.75 Å². The molecule has 0 aromatic heterocycles. The summed E-state index contributed by atoms with van der Waals surface area (Å²) in [5.74, 6) is -1.56. The highest BCUT2D eigenvalue weighted by atomic mass is 35.5. The first-order valence-electron chi connectivity index (χ1n) is 12.8. The molecule has 43 heavy (non-hydrogen) atoms. The summed E-state index contributed by atoms with van der Waals surface area (Å²) in [7, 11) is 3.84. The minimum absolute atomic E-state index is 0.0391. The lowest BCUT2D eigenvalue weighted by Crippen LogP contribution is -2.33. The van der Waals surface area contributed by atoms with Crippen molar-refractivity contribution in [1.29, 1.82) is 0 Å². The fraction of sp³-hybridized carbons (Fsp3) is 0.0625. The molecular weight excluding hydrogens is 611 g/mol. The Hall–Kier alpha value is -4.63. The lowest BCUT2D eigenvalue weighted by Gasteiger charge is -2.13. The molecule has 0 atom stereocenters. The third kappa shape index (κ3) is 8.68. The molecule has 0 heterocycles. The summed E-state index contributed by atoms with van der Waals surface area (Å²) in [4.78, 5) is 40.4. The Bertz CT molecular complexity index is 1700. The van der Waals surface area contributed by atoms with Gasteiger partial charge in [-0.1, -0.05) is 59.1 Å². The van der Waals surface area contributed by atoms with Crippen LogP contribution >= 0.6 is 34.8 Å². The Labute approximate surface area is 263 Å². The number of hydrazone groups is 1. The zero-order valence-corrected chi connectivity index (χ0v) is 25.2. The van der Waals surface area contributed by atoms with Gasteiger partial charge in [-0.3, -0.25) is 9.59 Å². The van der Waals surface area contributed by atoms with Gasteiger partial charge < -0.3 is 15.0 Å². The summed E-state index contributed by atoms with van der Waals surface area (Å²) >= 11 is 18.1. The van der Waals surface area contributed by atoms with Crippen LogP contribution in [-0.4, -0.2) is 38.1 Å². The number of anilines is 1. The van der Waals surface area contributed by atoms with Gasteiger partial charge in [0.15, 0.2) is 0 Å². The predicted molar refractivity (Wildman–Crippen MR) is 171 cm³/mol. The van der Waals surface area contributed by atoms with E-state index in [1.165, 1.54) is 24.4 Å². The third-order valence-corrected chi connectivity index (χ3v) is 6.83. The van der Waals surface area contributed by atoms with E-state index in [9.17, 15) is 14.4 Å². The van der Waals surface area contributed by atoms with Crippen LogP contribution in [0.2, 0.25) is 15.1 Å². The number of nitrogens with one attached hydrogen (secondary N) is 2. The molecule has 0 saturated carbocycles. The summed E-state index contributed by atoms with van der Waals surface area (Å²) in [6.07, 6.45) is 2.94. The van der Waals surface area contributed by atoms with Gasteiger partial charge in [0.25, 0.3) is 11.8 Å². The van der Waals surface area contributed by atoms with E-state index in [1.54, 1.807) is 54.6 Å². The first-order valence-corrected chi connectivity index (χ1v) is 13.9. The Balaban J connectivity index is 1.45. The maximum absolute atomic E-state index is 13.1. The number of benzene rings is 4. The number of esters is 1. The van der Waals surface area contributed by atoms with Crippen LogP contribution in [0.5, 0.6) is 5.75 Å². The molecule has 218 valence electrons. The first kappa shape index (κ1) is 31.3. The number of nitrogens with zero attached hydrogens (tertiary/aromatic N) is 2. The highest BCUT2D eigenvalue weighted by molar-refractivity contribution is 6.36. The van der Waals surface area contributed by atoms with Gasteiger partial charge in [0.2, 0.25) is 0 Å². The molecule has 2 amide bonds. The van der Waals surface area contributed by atoms with Crippen LogP contribution in [0.4, 0.5) is 5.69 Å². The molecule has 0 aliphatic rings. The molecule has 0 bridgehead atoms. The van der Waals surface area contributed by atoms with Crippen molar-refractivity contribution in [2.24, 2.45) is 5.10 Å². The van der Waals surface area contributed by atoms with E-state index in [2.05, 4.69) is 15.8 Å². The second-order valence-corrected chi connectivity index (χ2v) is 10.5. The van der Waals surface area contributed by atoms with Gasteiger partial charge in [0.05, 0.1) is 27.4 Å². The van der Waals surface area contributed by atoms with Gasteiger partial charge in [-0.05, 0) is 83.9 Å². The average molecular weight is 636 g/mol. The number of carbonyl (C=O) groups is 3. The Morgan fingerprint density at radius 3 is 2.12 bits per heavy atom. The van der Waals surface area contributed by atoms with Crippen molar-refractivity contribution in [3.05, 3.63) is 134 Å². The van der Waals surface area contributed by atoms with Gasteiger partial charge in [-0.2, -0.15) is 5.10 Å². The van der Waals surface area contributed by atoms with E-state index in [0.29, 0.717) is 16.1 Å². The van der Waals surface area contributed by atoms with E-state index >= 15 is 0 Å². The molecular formula is C32H25Cl3N4O4. The lowest BCUT2D eigenvalue weighted by molar-refractivity contribution is -0.117. The minimum Gasteiger partial charge on any atom is -0.423 e. The van der Waals surface area contributed by atoms with E-state index in [1.807, 2.05) is 43.3 Å². The Morgan fingerprint density at radius 1 is 0.791 bits per heavy atom. The maximum atomic E-state index is 13.1. The summed E-state index contributed by atoms with van der Waals surface area (Å²) in [5.41, 5.74) is 5.05. The van der Waals surface area contributed by atoms with E-state index in [0.717, 1.165) is 5.69 Å². The Morgan fingerprint density at radius 2 is 1.47 bits per heavy atom. The van der Waals surface area contributed by atoms with Crippen LogP contribution in [0.3, 0.4) is 0 Å². The van der Waals surface area contributed by atoms with E-state index in [-0.39, 0.29) is 32.6 Å². The number of hydrogen-bond acceptors (Lipinski definition) is 6. The van der Waals surface area contributed by atoms with Crippen LogP contribution in [0.15, 0.2) is 102 Å². The maximum Gasteiger partial charge on any atom is 0.345 e. The van der Waals surface area contributed by atoms with E-state index in [4.69, 9.17) is 39.5 Å². The van der Waals surface area contributed by atoms with Gasteiger partial charge in [0, 0.05) is 24.8 Å². The first-order chi connectivity index (χ1) is 20.6. The van der Waals surface area contributed by atoms with Crippen molar-refractivity contribution in [1.82, 2.24) is 10.7 Å². The van der Waals surface area contributed by atoms with Gasteiger partial charge in [-0.15, -0.1) is 0 Å². The number of amides is 2. The number of ether oxygens (including phenoxy) is 1. The topological polar surface area (TPSA) is 100 Å². The van der Waals surface area contributed by atoms with Crippen molar-refractivity contribution in [2.75, 3.05) is 19.0 Å². The number of carbonyl (C=O) groups excluding carboxylic acids is 3.